The molecule has 0 fully saturated rings. The molecule has 1 N–H and O–H groups in total. The predicted octanol–water partition coefficient (Wildman–Crippen LogP) is 4.43. The number of hydrogen-bond donors (Lipinski definition) is 1. The van der Waals surface area contributed by atoms with Crippen molar-refractivity contribution in [1.29, 1.82) is 0 Å². The molecule has 6 nitrogen and oxygen atoms in total. The fourth-order valence-electron chi connectivity index (χ4n) is 3.02. The Morgan fingerprint density at radius 1 is 1.00 bits per heavy atom. The van der Waals surface area contributed by atoms with E-state index in [0.29, 0.717) is 11.1 Å². The van der Waals surface area contributed by atoms with E-state index in [-0.39, 0.29) is 17.6 Å². The molecule has 3 aromatic rings. The molecule has 0 aliphatic carbocycles. The second-order valence-corrected chi connectivity index (χ2v) is 6.35. The third kappa shape index (κ3) is 4.17. The van der Waals surface area contributed by atoms with E-state index in [1.165, 1.54) is 18.2 Å². The first kappa shape index (κ1) is 19.1. The summed E-state index contributed by atoms with van der Waals surface area (Å²) in [7, 11) is 1.60. The lowest BCUT2D eigenvalue weighted by Gasteiger charge is -2.20. The number of nitrogens with zero attached hydrogens (tertiary/aromatic N) is 1. The van der Waals surface area contributed by atoms with E-state index < -0.39 is 4.92 Å². The molecule has 0 bridgehead atoms. The van der Waals surface area contributed by atoms with Gasteiger partial charge in [0.25, 0.3) is 11.6 Å². The van der Waals surface area contributed by atoms with E-state index >= 15 is 0 Å². The van der Waals surface area contributed by atoms with Crippen molar-refractivity contribution >= 4 is 11.6 Å². The number of benzene rings is 3. The van der Waals surface area contributed by atoms with Crippen LogP contribution in [0.4, 0.5) is 5.69 Å². The van der Waals surface area contributed by atoms with Crippen LogP contribution >= 0.6 is 0 Å². The van der Waals surface area contributed by atoms with Crippen LogP contribution in [-0.2, 0) is 0 Å². The number of methoxy groups -OCH3 is 1. The molecule has 0 spiro atoms. The van der Waals surface area contributed by atoms with Crippen molar-refractivity contribution in [2.45, 2.75) is 13.0 Å². The van der Waals surface area contributed by atoms with Crippen LogP contribution in [0, 0.1) is 17.0 Å². The summed E-state index contributed by atoms with van der Waals surface area (Å²) >= 11 is 0. The molecule has 0 saturated carbocycles. The summed E-state index contributed by atoms with van der Waals surface area (Å²) in [6.45, 7) is 1.62. The van der Waals surface area contributed by atoms with Crippen LogP contribution in [0.25, 0.3) is 0 Å². The maximum absolute atomic E-state index is 12.9. The summed E-state index contributed by atoms with van der Waals surface area (Å²) in [6.07, 6.45) is 0. The van der Waals surface area contributed by atoms with E-state index in [9.17, 15) is 14.9 Å². The van der Waals surface area contributed by atoms with Gasteiger partial charge in [0.1, 0.15) is 5.75 Å². The number of amides is 1. The zero-order valence-corrected chi connectivity index (χ0v) is 15.6. The Balaban J connectivity index is 1.92. The topological polar surface area (TPSA) is 81.5 Å². The monoisotopic (exact) mass is 376 g/mol. The van der Waals surface area contributed by atoms with E-state index in [1.54, 1.807) is 14.0 Å². The zero-order chi connectivity index (χ0) is 20.1. The molecule has 1 unspecified atom stereocenters. The van der Waals surface area contributed by atoms with Crippen LogP contribution in [0.3, 0.4) is 0 Å². The number of carbonyl (C=O) groups is 1. The molecule has 0 aliphatic rings. The van der Waals surface area contributed by atoms with Crippen molar-refractivity contribution in [2.24, 2.45) is 0 Å². The van der Waals surface area contributed by atoms with Crippen molar-refractivity contribution in [3.8, 4) is 5.75 Å². The van der Waals surface area contributed by atoms with Gasteiger partial charge in [-0.1, -0.05) is 42.5 Å². The largest absolute Gasteiger partial charge is 0.497 e. The average molecular weight is 376 g/mol. The summed E-state index contributed by atoms with van der Waals surface area (Å²) in [6, 6.07) is 21.1. The molecule has 142 valence electrons. The molecule has 3 aromatic carbocycles. The van der Waals surface area contributed by atoms with Crippen molar-refractivity contribution < 1.29 is 14.5 Å². The molecule has 0 radical (unpaired) electrons. The SMILES string of the molecule is COc1ccc(C(NC(=O)c2ccc([N+](=O)[O-])c(C)c2)c2ccccc2)cc1. The minimum absolute atomic E-state index is 0.00804. The van der Waals surface area contributed by atoms with E-state index in [2.05, 4.69) is 5.32 Å². The maximum atomic E-state index is 12.9. The summed E-state index contributed by atoms with van der Waals surface area (Å²) in [5.74, 6) is 0.426. The number of nitrogens with one attached hydrogen (secondary N) is 1. The molecule has 0 aliphatic heterocycles. The molecular weight excluding hydrogens is 356 g/mol. The third-order valence-corrected chi connectivity index (χ3v) is 4.51. The lowest BCUT2D eigenvalue weighted by Crippen LogP contribution is -2.29. The first-order valence-electron chi connectivity index (χ1n) is 8.74. The van der Waals surface area contributed by atoms with Gasteiger partial charge in [-0.25, -0.2) is 0 Å². The smallest absolute Gasteiger partial charge is 0.272 e. The number of nitro groups is 1. The van der Waals surface area contributed by atoms with Gasteiger partial charge in [-0.2, -0.15) is 0 Å². The van der Waals surface area contributed by atoms with E-state index in [4.69, 9.17) is 4.74 Å². The number of carbonyl (C=O) groups excluding carboxylic acids is 1. The van der Waals surface area contributed by atoms with Crippen LogP contribution in [-0.4, -0.2) is 17.9 Å². The average Bonchev–Trinajstić information content (AvgIpc) is 2.72. The number of ether oxygens (including phenoxy) is 1. The highest BCUT2D eigenvalue weighted by atomic mass is 16.6. The molecule has 6 heteroatoms. The lowest BCUT2D eigenvalue weighted by molar-refractivity contribution is -0.385. The Labute approximate surface area is 162 Å². The van der Waals surface area contributed by atoms with Crippen molar-refractivity contribution in [3.05, 3.63) is 105 Å². The first-order chi connectivity index (χ1) is 13.5. The molecular formula is C22H20N2O4. The molecule has 1 atom stereocenters. The summed E-state index contributed by atoms with van der Waals surface area (Å²) in [4.78, 5) is 23.4. The van der Waals surface area contributed by atoms with Crippen LogP contribution in [0.15, 0.2) is 72.8 Å². The maximum Gasteiger partial charge on any atom is 0.272 e. The number of rotatable bonds is 6. The molecule has 0 heterocycles. The number of aryl methyl sites for hydroxylation is 1. The fourth-order valence-corrected chi connectivity index (χ4v) is 3.02. The fraction of sp³-hybridized carbons (Fsp3) is 0.136. The van der Waals surface area contributed by atoms with Gasteiger partial charge in [-0.15, -0.1) is 0 Å². The minimum atomic E-state index is -0.457. The molecule has 3 rings (SSSR count). The van der Waals surface area contributed by atoms with Gasteiger partial charge in [-0.3, -0.25) is 14.9 Å². The predicted molar refractivity (Wildman–Crippen MR) is 107 cm³/mol. The standard InChI is InChI=1S/C22H20N2O4/c1-15-14-18(10-13-20(15)24(26)27)22(25)23-21(16-6-4-3-5-7-16)17-8-11-19(28-2)12-9-17/h3-14,21H,1-2H3,(H,23,25). The quantitative estimate of drug-likeness (QED) is 0.510. The third-order valence-electron chi connectivity index (χ3n) is 4.51. The zero-order valence-electron chi connectivity index (χ0n) is 15.6. The molecule has 0 saturated heterocycles. The summed E-state index contributed by atoms with van der Waals surface area (Å²) in [5, 5.41) is 14.0. The van der Waals surface area contributed by atoms with E-state index in [1.807, 2.05) is 54.6 Å². The van der Waals surface area contributed by atoms with Gasteiger partial charge in [0.2, 0.25) is 0 Å². The number of nitro benzene ring substituents is 1. The Morgan fingerprint density at radius 2 is 1.64 bits per heavy atom. The van der Waals surface area contributed by atoms with Crippen molar-refractivity contribution in [1.82, 2.24) is 5.32 Å². The van der Waals surface area contributed by atoms with Gasteiger partial charge in [0, 0.05) is 17.2 Å². The second kappa shape index (κ2) is 8.35. The highest BCUT2D eigenvalue weighted by Crippen LogP contribution is 2.25. The van der Waals surface area contributed by atoms with Crippen LogP contribution < -0.4 is 10.1 Å². The lowest BCUT2D eigenvalue weighted by atomic mass is 9.98. The minimum Gasteiger partial charge on any atom is -0.497 e. The normalized spacial score (nSPS) is 11.5. The van der Waals surface area contributed by atoms with Crippen LogP contribution in [0.2, 0.25) is 0 Å². The summed E-state index contributed by atoms with van der Waals surface area (Å²) < 4.78 is 5.21. The Hall–Kier alpha value is -3.67. The molecule has 0 aromatic heterocycles. The highest BCUT2D eigenvalue weighted by molar-refractivity contribution is 5.95. The Bertz CT molecular complexity index is 985. The van der Waals surface area contributed by atoms with Crippen LogP contribution in [0.1, 0.15) is 33.1 Å². The summed E-state index contributed by atoms with van der Waals surface area (Å²) in [5.41, 5.74) is 2.64. The number of hydrogen-bond acceptors (Lipinski definition) is 4. The first-order valence-corrected chi connectivity index (χ1v) is 8.74. The van der Waals surface area contributed by atoms with Gasteiger partial charge in [0.05, 0.1) is 18.1 Å². The van der Waals surface area contributed by atoms with E-state index in [0.717, 1.165) is 16.9 Å². The Morgan fingerprint density at radius 3 is 2.21 bits per heavy atom. The van der Waals surface area contributed by atoms with Gasteiger partial charge < -0.3 is 10.1 Å². The highest BCUT2D eigenvalue weighted by Gasteiger charge is 2.19. The molecule has 1 amide bonds. The van der Waals surface area contributed by atoms with Crippen molar-refractivity contribution in [3.63, 3.8) is 0 Å². The van der Waals surface area contributed by atoms with Gasteiger partial charge >= 0.3 is 0 Å². The van der Waals surface area contributed by atoms with Gasteiger partial charge in [0.15, 0.2) is 0 Å². The molecule has 28 heavy (non-hydrogen) atoms. The Kier molecular flexibility index (Phi) is 5.69. The van der Waals surface area contributed by atoms with Crippen molar-refractivity contribution in [2.75, 3.05) is 7.11 Å². The van der Waals surface area contributed by atoms with Gasteiger partial charge in [-0.05, 0) is 42.3 Å². The second-order valence-electron chi connectivity index (χ2n) is 6.35. The van der Waals surface area contributed by atoms with Crippen LogP contribution in [0.5, 0.6) is 5.75 Å².